The Kier molecular flexibility index (Phi) is 6.66. The number of aliphatic hydroxyl groups excluding tert-OH is 1. The number of benzene rings is 1. The van der Waals surface area contributed by atoms with Crippen molar-refractivity contribution < 1.29 is 14.3 Å². The number of nitrogens with two attached hydrogens (primary N) is 1. The topological polar surface area (TPSA) is 75.3 Å². The highest BCUT2D eigenvalue weighted by Crippen LogP contribution is 2.19. The summed E-state index contributed by atoms with van der Waals surface area (Å²) in [6.07, 6.45) is 1.10. The summed E-state index contributed by atoms with van der Waals surface area (Å²) in [6.45, 7) is 2.08. The Morgan fingerprint density at radius 3 is 2.95 bits per heavy atom. The molecule has 0 saturated carbocycles. The minimum absolute atomic E-state index is 0.142. The molecule has 0 spiro atoms. The van der Waals surface area contributed by atoms with Crippen molar-refractivity contribution >= 4 is 29.0 Å². The Hall–Kier alpha value is -1.27. The highest BCUT2D eigenvalue weighted by Gasteiger charge is 2.07. The fourth-order valence-electron chi connectivity index (χ4n) is 1.43. The van der Waals surface area contributed by atoms with Crippen LogP contribution in [0, 0.1) is 5.82 Å². The molecule has 0 aliphatic rings. The lowest BCUT2D eigenvalue weighted by Gasteiger charge is -2.09. The normalized spacial score (nSPS) is 12.2. The smallest absolute Gasteiger partial charge is 0.224 e. The third-order valence-corrected chi connectivity index (χ3v) is 3.74. The van der Waals surface area contributed by atoms with E-state index in [4.69, 9.17) is 10.8 Å². The number of rotatable bonds is 7. The van der Waals surface area contributed by atoms with Gasteiger partial charge in [-0.2, -0.15) is 11.8 Å². The number of anilines is 2. The first kappa shape index (κ1) is 15.8. The Morgan fingerprint density at radius 2 is 2.32 bits per heavy atom. The van der Waals surface area contributed by atoms with Crippen LogP contribution >= 0.6 is 11.8 Å². The molecule has 1 aromatic rings. The van der Waals surface area contributed by atoms with Crippen LogP contribution in [-0.2, 0) is 4.79 Å². The van der Waals surface area contributed by atoms with Crippen molar-refractivity contribution in [1.82, 2.24) is 0 Å². The molecular weight excluding hydrogens is 267 g/mol. The lowest BCUT2D eigenvalue weighted by atomic mass is 10.2. The summed E-state index contributed by atoms with van der Waals surface area (Å²) in [7, 11) is 0. The van der Waals surface area contributed by atoms with E-state index in [0.717, 1.165) is 12.2 Å². The molecule has 106 valence electrons. The zero-order chi connectivity index (χ0) is 14.3. The van der Waals surface area contributed by atoms with Crippen molar-refractivity contribution in [1.29, 1.82) is 0 Å². The number of carbonyl (C=O) groups is 1. The number of hydrogen-bond donors (Lipinski definition) is 3. The highest BCUT2D eigenvalue weighted by molar-refractivity contribution is 7.99. The molecule has 19 heavy (non-hydrogen) atoms. The monoisotopic (exact) mass is 286 g/mol. The van der Waals surface area contributed by atoms with Gasteiger partial charge < -0.3 is 16.2 Å². The molecule has 0 heterocycles. The van der Waals surface area contributed by atoms with Crippen LogP contribution in [0.25, 0.3) is 0 Å². The minimum atomic E-state index is -0.426. The molecule has 0 radical (unpaired) electrons. The first-order valence-electron chi connectivity index (χ1n) is 6.10. The van der Waals surface area contributed by atoms with E-state index < -0.39 is 5.82 Å². The summed E-state index contributed by atoms with van der Waals surface area (Å²) in [4.78, 5) is 11.6. The Balaban J connectivity index is 2.31. The predicted molar refractivity (Wildman–Crippen MR) is 77.7 cm³/mol. The van der Waals surface area contributed by atoms with Crippen LogP contribution in [0.5, 0.6) is 0 Å². The first-order chi connectivity index (χ1) is 9.02. The van der Waals surface area contributed by atoms with Gasteiger partial charge in [-0.1, -0.05) is 6.92 Å². The van der Waals surface area contributed by atoms with E-state index in [1.54, 1.807) is 11.8 Å². The molecule has 0 saturated heterocycles. The van der Waals surface area contributed by atoms with Gasteiger partial charge in [0.2, 0.25) is 5.91 Å². The largest absolute Gasteiger partial charge is 0.397 e. The van der Waals surface area contributed by atoms with Gasteiger partial charge in [0.1, 0.15) is 5.82 Å². The molecule has 0 fully saturated rings. The second kappa shape index (κ2) is 8.01. The van der Waals surface area contributed by atoms with E-state index in [-0.39, 0.29) is 23.5 Å². The molecule has 6 heteroatoms. The number of hydrogen-bond acceptors (Lipinski definition) is 4. The zero-order valence-electron chi connectivity index (χ0n) is 10.9. The summed E-state index contributed by atoms with van der Waals surface area (Å²) in [6, 6.07) is 3.88. The quantitative estimate of drug-likeness (QED) is 0.531. The van der Waals surface area contributed by atoms with Crippen LogP contribution in [0.3, 0.4) is 0 Å². The number of aliphatic hydroxyl groups is 1. The molecule has 1 rings (SSSR count). The van der Waals surface area contributed by atoms with Gasteiger partial charge >= 0.3 is 0 Å². The molecule has 1 atom stereocenters. The van der Waals surface area contributed by atoms with Gasteiger partial charge in [0.15, 0.2) is 0 Å². The molecule has 1 unspecified atom stereocenters. The van der Waals surface area contributed by atoms with Crippen LogP contribution in [0.15, 0.2) is 18.2 Å². The summed E-state index contributed by atoms with van der Waals surface area (Å²) < 4.78 is 12.8. The molecule has 0 aliphatic heterocycles. The summed E-state index contributed by atoms with van der Waals surface area (Å²) >= 11 is 1.63. The van der Waals surface area contributed by atoms with E-state index in [1.165, 1.54) is 18.2 Å². The average Bonchev–Trinajstić information content (AvgIpc) is 2.37. The Morgan fingerprint density at radius 1 is 1.58 bits per heavy atom. The zero-order valence-corrected chi connectivity index (χ0v) is 11.7. The molecule has 1 amide bonds. The molecular formula is C13H19FN2O2S. The maximum absolute atomic E-state index is 12.8. The second-order valence-electron chi connectivity index (χ2n) is 4.25. The van der Waals surface area contributed by atoms with Crippen LogP contribution in [0.2, 0.25) is 0 Å². The van der Waals surface area contributed by atoms with Gasteiger partial charge in [0.25, 0.3) is 0 Å². The summed E-state index contributed by atoms with van der Waals surface area (Å²) in [5.41, 5.74) is 6.25. The van der Waals surface area contributed by atoms with Gasteiger partial charge in [-0.25, -0.2) is 4.39 Å². The fraction of sp³-hybridized carbons (Fsp3) is 0.462. The van der Waals surface area contributed by atoms with Crippen molar-refractivity contribution in [2.45, 2.75) is 25.0 Å². The van der Waals surface area contributed by atoms with Gasteiger partial charge in [-0.15, -0.1) is 0 Å². The highest BCUT2D eigenvalue weighted by atomic mass is 32.2. The number of nitrogen functional groups attached to an aromatic ring is 1. The van der Waals surface area contributed by atoms with Crippen LogP contribution in [0.1, 0.15) is 19.8 Å². The number of thioether (sulfide) groups is 1. The standard InChI is InChI=1S/C13H19FN2O2S/c1-9(8-17)19-6-2-3-13(18)16-12-5-4-10(14)7-11(12)15/h4-5,7,9,17H,2-3,6,8,15H2,1H3,(H,16,18). The van der Waals surface area contributed by atoms with E-state index >= 15 is 0 Å². The van der Waals surface area contributed by atoms with Crippen LogP contribution < -0.4 is 11.1 Å². The SMILES string of the molecule is CC(CO)SCCCC(=O)Nc1ccc(F)cc1N. The van der Waals surface area contributed by atoms with Crippen molar-refractivity contribution in [2.75, 3.05) is 23.4 Å². The van der Waals surface area contributed by atoms with E-state index in [1.807, 2.05) is 6.92 Å². The molecule has 4 nitrogen and oxygen atoms in total. The average molecular weight is 286 g/mol. The molecule has 0 aliphatic carbocycles. The molecule has 0 aromatic heterocycles. The lowest BCUT2D eigenvalue weighted by molar-refractivity contribution is -0.116. The second-order valence-corrected chi connectivity index (χ2v) is 5.79. The Bertz CT molecular complexity index is 429. The van der Waals surface area contributed by atoms with Crippen molar-refractivity contribution in [3.8, 4) is 0 Å². The summed E-state index contributed by atoms with van der Waals surface area (Å²) in [5, 5.41) is 11.7. The fourth-order valence-corrected chi connectivity index (χ4v) is 2.25. The van der Waals surface area contributed by atoms with Crippen molar-refractivity contribution in [3.63, 3.8) is 0 Å². The number of carbonyl (C=O) groups excluding carboxylic acids is 1. The summed E-state index contributed by atoms with van der Waals surface area (Å²) in [5.74, 6) is 0.245. The third-order valence-electron chi connectivity index (χ3n) is 2.50. The lowest BCUT2D eigenvalue weighted by Crippen LogP contribution is -2.13. The van der Waals surface area contributed by atoms with Gasteiger partial charge in [-0.05, 0) is 30.4 Å². The molecule has 4 N–H and O–H groups in total. The van der Waals surface area contributed by atoms with Gasteiger partial charge in [-0.3, -0.25) is 4.79 Å². The van der Waals surface area contributed by atoms with Crippen molar-refractivity contribution in [2.24, 2.45) is 0 Å². The Labute approximate surface area is 116 Å². The maximum Gasteiger partial charge on any atom is 0.224 e. The molecule has 1 aromatic carbocycles. The minimum Gasteiger partial charge on any atom is -0.397 e. The van der Waals surface area contributed by atoms with Crippen LogP contribution in [0.4, 0.5) is 15.8 Å². The van der Waals surface area contributed by atoms with E-state index in [9.17, 15) is 9.18 Å². The number of amides is 1. The third kappa shape index (κ3) is 5.94. The van der Waals surface area contributed by atoms with E-state index in [0.29, 0.717) is 12.1 Å². The number of nitrogens with one attached hydrogen (secondary N) is 1. The van der Waals surface area contributed by atoms with Crippen LogP contribution in [-0.4, -0.2) is 28.6 Å². The van der Waals surface area contributed by atoms with Gasteiger partial charge in [0.05, 0.1) is 18.0 Å². The predicted octanol–water partition coefficient (Wildman–Crippen LogP) is 2.24. The molecule has 0 bridgehead atoms. The van der Waals surface area contributed by atoms with E-state index in [2.05, 4.69) is 5.32 Å². The number of halogens is 1. The van der Waals surface area contributed by atoms with Gasteiger partial charge in [0, 0.05) is 11.7 Å². The van der Waals surface area contributed by atoms with Crippen molar-refractivity contribution in [3.05, 3.63) is 24.0 Å². The first-order valence-corrected chi connectivity index (χ1v) is 7.15. The maximum atomic E-state index is 12.8.